The van der Waals surface area contributed by atoms with Crippen molar-refractivity contribution < 1.29 is 9.72 Å². The highest BCUT2D eigenvalue weighted by Gasteiger charge is 2.30. The molecule has 0 spiro atoms. The van der Waals surface area contributed by atoms with Gasteiger partial charge in [0.25, 0.3) is 17.2 Å². The number of benzene rings is 3. The highest BCUT2D eigenvalue weighted by Crippen LogP contribution is 2.30. The number of fused-ring (bicyclic) bond motifs is 1. The number of aromatic nitrogens is 2. The lowest BCUT2D eigenvalue weighted by Crippen LogP contribution is -2.39. The van der Waals surface area contributed by atoms with E-state index in [0.29, 0.717) is 29.0 Å². The predicted octanol–water partition coefficient (Wildman–Crippen LogP) is 6.42. The molecule has 38 heavy (non-hydrogen) atoms. The van der Waals surface area contributed by atoms with E-state index in [1.807, 2.05) is 58.9 Å². The molecule has 1 unspecified atom stereocenters. The number of aryl methyl sites for hydroxylation is 2. The van der Waals surface area contributed by atoms with Crippen LogP contribution < -0.4 is 5.56 Å². The van der Waals surface area contributed by atoms with Crippen LogP contribution >= 0.6 is 11.6 Å². The largest absolute Gasteiger partial charge is 0.328 e. The average molecular weight is 533 g/mol. The number of carbonyl (C=O) groups excluding carboxylic acids is 1. The van der Waals surface area contributed by atoms with Crippen molar-refractivity contribution in [3.05, 3.63) is 109 Å². The summed E-state index contributed by atoms with van der Waals surface area (Å²) >= 11 is 5.99. The fourth-order valence-corrected chi connectivity index (χ4v) is 4.71. The van der Waals surface area contributed by atoms with Crippen LogP contribution in [0.2, 0.25) is 5.02 Å². The zero-order chi connectivity index (χ0) is 27.7. The third-order valence-electron chi connectivity index (χ3n) is 6.46. The molecular formula is C29H29ClN4O4. The molecule has 4 rings (SSSR count). The summed E-state index contributed by atoms with van der Waals surface area (Å²) in [5.41, 5.74) is 2.64. The van der Waals surface area contributed by atoms with E-state index in [1.54, 1.807) is 27.7 Å². The summed E-state index contributed by atoms with van der Waals surface area (Å²) < 4.78 is 1.58. The van der Waals surface area contributed by atoms with E-state index < -0.39 is 16.9 Å². The zero-order valence-electron chi connectivity index (χ0n) is 21.9. The highest BCUT2D eigenvalue weighted by atomic mass is 35.5. The standard InChI is InChI=1S/C29H29ClN4O4/c1-17(2)16-32(28(35)21-12-13-23(30)26(15-21)34(37)38)20(5)27-31-24-9-7-6-8-22(24)29(36)33(27)25-14-18(3)10-11-19(25)4/h6-15,17,20H,16H2,1-5H3. The summed E-state index contributed by atoms with van der Waals surface area (Å²) in [6.45, 7) is 9.99. The van der Waals surface area contributed by atoms with Crippen molar-refractivity contribution in [2.24, 2.45) is 5.92 Å². The fraction of sp³-hybridized carbons (Fsp3) is 0.276. The van der Waals surface area contributed by atoms with Crippen LogP contribution in [0.4, 0.5) is 5.69 Å². The van der Waals surface area contributed by atoms with Crippen molar-refractivity contribution in [1.82, 2.24) is 14.5 Å². The van der Waals surface area contributed by atoms with Crippen molar-refractivity contribution in [3.8, 4) is 5.69 Å². The van der Waals surface area contributed by atoms with Crippen molar-refractivity contribution >= 4 is 34.1 Å². The number of amides is 1. The van der Waals surface area contributed by atoms with Crippen LogP contribution in [0.1, 0.15) is 54.1 Å². The third kappa shape index (κ3) is 5.17. The van der Waals surface area contributed by atoms with Gasteiger partial charge >= 0.3 is 0 Å². The van der Waals surface area contributed by atoms with Gasteiger partial charge < -0.3 is 4.90 Å². The van der Waals surface area contributed by atoms with E-state index in [9.17, 15) is 19.7 Å². The number of nitro benzene ring substituents is 1. The van der Waals surface area contributed by atoms with Crippen LogP contribution in [0, 0.1) is 29.9 Å². The first-order valence-electron chi connectivity index (χ1n) is 12.3. The van der Waals surface area contributed by atoms with Gasteiger partial charge in [-0.2, -0.15) is 0 Å². The second-order valence-electron chi connectivity index (χ2n) is 9.87. The minimum Gasteiger partial charge on any atom is -0.328 e. The molecule has 8 nitrogen and oxygen atoms in total. The average Bonchev–Trinajstić information content (AvgIpc) is 2.88. The Morgan fingerprint density at radius 3 is 2.47 bits per heavy atom. The number of hydrogen-bond acceptors (Lipinski definition) is 5. The molecule has 0 N–H and O–H groups in total. The molecule has 1 amide bonds. The van der Waals surface area contributed by atoms with Gasteiger partial charge in [0.15, 0.2) is 0 Å². The van der Waals surface area contributed by atoms with Crippen LogP contribution in [0.3, 0.4) is 0 Å². The molecule has 9 heteroatoms. The second kappa shape index (κ2) is 10.8. The number of nitrogens with zero attached hydrogens (tertiary/aromatic N) is 4. The van der Waals surface area contributed by atoms with Crippen molar-refractivity contribution in [2.45, 2.75) is 40.7 Å². The monoisotopic (exact) mass is 532 g/mol. The van der Waals surface area contributed by atoms with E-state index in [-0.39, 0.29) is 27.8 Å². The molecule has 0 bridgehead atoms. The molecule has 196 valence electrons. The van der Waals surface area contributed by atoms with Gasteiger partial charge in [0.1, 0.15) is 10.8 Å². The van der Waals surface area contributed by atoms with Gasteiger partial charge in [0, 0.05) is 18.2 Å². The van der Waals surface area contributed by atoms with Crippen LogP contribution in [0.5, 0.6) is 0 Å². The lowest BCUT2D eigenvalue weighted by molar-refractivity contribution is -0.384. The summed E-state index contributed by atoms with van der Waals surface area (Å²) in [7, 11) is 0. The quantitative estimate of drug-likeness (QED) is 0.202. The summed E-state index contributed by atoms with van der Waals surface area (Å²) in [4.78, 5) is 45.1. The van der Waals surface area contributed by atoms with Crippen LogP contribution in [-0.4, -0.2) is 31.8 Å². The molecule has 4 aromatic rings. The molecule has 1 atom stereocenters. The number of carbonyl (C=O) groups is 1. The number of hydrogen-bond donors (Lipinski definition) is 0. The van der Waals surface area contributed by atoms with Gasteiger partial charge in [-0.15, -0.1) is 0 Å². The molecular weight excluding hydrogens is 504 g/mol. The van der Waals surface area contributed by atoms with Gasteiger partial charge in [-0.05, 0) is 68.1 Å². The maximum Gasteiger partial charge on any atom is 0.288 e. The zero-order valence-corrected chi connectivity index (χ0v) is 22.7. The van der Waals surface area contributed by atoms with Gasteiger partial charge in [-0.3, -0.25) is 24.3 Å². The first-order chi connectivity index (χ1) is 18.0. The number of para-hydroxylation sites is 1. The Morgan fingerprint density at radius 1 is 1.08 bits per heavy atom. The minimum absolute atomic E-state index is 0.0463. The molecule has 0 saturated carbocycles. The van der Waals surface area contributed by atoms with Crippen molar-refractivity contribution in [3.63, 3.8) is 0 Å². The van der Waals surface area contributed by atoms with Crippen LogP contribution in [-0.2, 0) is 0 Å². The maximum absolute atomic E-state index is 13.9. The molecule has 0 aliphatic rings. The molecule has 3 aromatic carbocycles. The van der Waals surface area contributed by atoms with E-state index in [1.165, 1.54) is 18.2 Å². The van der Waals surface area contributed by atoms with Gasteiger partial charge in [-0.25, -0.2) is 4.98 Å². The Bertz CT molecular complexity index is 1610. The summed E-state index contributed by atoms with van der Waals surface area (Å²) in [6, 6.07) is 16.4. The molecule has 0 radical (unpaired) electrons. The number of nitro groups is 1. The van der Waals surface area contributed by atoms with E-state index in [4.69, 9.17) is 16.6 Å². The van der Waals surface area contributed by atoms with Gasteiger partial charge in [0.05, 0.1) is 27.6 Å². The lowest BCUT2D eigenvalue weighted by Gasteiger charge is -2.32. The Hall–Kier alpha value is -4.04. The molecule has 0 aliphatic heterocycles. The van der Waals surface area contributed by atoms with Crippen molar-refractivity contribution in [2.75, 3.05) is 6.54 Å². The molecule has 0 saturated heterocycles. The Morgan fingerprint density at radius 2 is 1.79 bits per heavy atom. The Balaban J connectivity index is 1.95. The Labute approximate surface area is 225 Å². The SMILES string of the molecule is Cc1ccc(C)c(-n2c(C(C)N(CC(C)C)C(=O)c3ccc(Cl)c([N+](=O)[O-])c3)nc3ccccc3c2=O)c1. The fourth-order valence-electron chi connectivity index (χ4n) is 4.52. The summed E-state index contributed by atoms with van der Waals surface area (Å²) in [5, 5.41) is 11.9. The lowest BCUT2D eigenvalue weighted by atomic mass is 10.1. The minimum atomic E-state index is -0.642. The molecule has 0 aliphatic carbocycles. The van der Waals surface area contributed by atoms with E-state index in [2.05, 4.69) is 0 Å². The molecule has 0 fully saturated rings. The summed E-state index contributed by atoms with van der Waals surface area (Å²) in [5.74, 6) is 0.0609. The van der Waals surface area contributed by atoms with E-state index in [0.717, 1.165) is 11.1 Å². The normalized spacial score (nSPS) is 12.1. The first-order valence-corrected chi connectivity index (χ1v) is 12.7. The maximum atomic E-state index is 13.9. The topological polar surface area (TPSA) is 98.3 Å². The first kappa shape index (κ1) is 27.0. The van der Waals surface area contributed by atoms with Gasteiger partial charge in [-0.1, -0.05) is 49.7 Å². The second-order valence-corrected chi connectivity index (χ2v) is 10.3. The third-order valence-corrected chi connectivity index (χ3v) is 6.78. The summed E-state index contributed by atoms with van der Waals surface area (Å²) in [6.07, 6.45) is 0. The van der Waals surface area contributed by atoms with E-state index >= 15 is 0 Å². The van der Waals surface area contributed by atoms with Gasteiger partial charge in [0.2, 0.25) is 0 Å². The smallest absolute Gasteiger partial charge is 0.288 e. The number of halogens is 1. The Kier molecular flexibility index (Phi) is 7.64. The van der Waals surface area contributed by atoms with Crippen molar-refractivity contribution in [1.29, 1.82) is 0 Å². The molecule has 1 heterocycles. The number of rotatable bonds is 7. The van der Waals surface area contributed by atoms with Crippen LogP contribution in [0.25, 0.3) is 16.6 Å². The van der Waals surface area contributed by atoms with Crippen LogP contribution in [0.15, 0.2) is 65.5 Å². The predicted molar refractivity (Wildman–Crippen MR) is 149 cm³/mol. The molecule has 1 aromatic heterocycles. The highest BCUT2D eigenvalue weighted by molar-refractivity contribution is 6.32.